The van der Waals surface area contributed by atoms with Crippen LogP contribution < -0.4 is 0 Å². The van der Waals surface area contributed by atoms with E-state index in [0.717, 1.165) is 6.42 Å². The molecule has 0 spiro atoms. The zero-order chi connectivity index (χ0) is 11.1. The SMILES string of the molecule is C#CCCCCC.C=CCCCCC. The number of allylic oxidation sites excluding steroid dienone is 1. The second-order valence-electron chi connectivity index (χ2n) is 3.45. The summed E-state index contributed by atoms with van der Waals surface area (Å²) in [6.45, 7) is 8.02. The highest BCUT2D eigenvalue weighted by atomic mass is 13.8. The predicted molar refractivity (Wildman–Crippen MR) is 67.3 cm³/mol. The zero-order valence-corrected chi connectivity index (χ0v) is 10.0. The molecule has 0 amide bonds. The molecule has 0 aliphatic carbocycles. The van der Waals surface area contributed by atoms with Crippen LogP contribution in [0.15, 0.2) is 12.7 Å². The first-order valence-corrected chi connectivity index (χ1v) is 5.87. The van der Waals surface area contributed by atoms with Crippen molar-refractivity contribution in [2.45, 2.75) is 65.2 Å². The summed E-state index contributed by atoms with van der Waals surface area (Å²) < 4.78 is 0. The van der Waals surface area contributed by atoms with Crippen LogP contribution in [-0.4, -0.2) is 0 Å². The van der Waals surface area contributed by atoms with E-state index in [4.69, 9.17) is 6.42 Å². The highest BCUT2D eigenvalue weighted by Crippen LogP contribution is 1.97. The van der Waals surface area contributed by atoms with E-state index in [-0.39, 0.29) is 0 Å². The Kier molecular flexibility index (Phi) is 20.4. The average molecular weight is 194 g/mol. The van der Waals surface area contributed by atoms with Crippen LogP contribution in [-0.2, 0) is 0 Å². The van der Waals surface area contributed by atoms with Crippen molar-refractivity contribution < 1.29 is 0 Å². The van der Waals surface area contributed by atoms with Gasteiger partial charge in [-0.05, 0) is 19.3 Å². The molecule has 0 N–H and O–H groups in total. The van der Waals surface area contributed by atoms with Gasteiger partial charge in [-0.3, -0.25) is 0 Å². The normalized spacial score (nSPS) is 8.36. The Morgan fingerprint density at radius 2 is 1.64 bits per heavy atom. The smallest absolute Gasteiger partial charge is 0.00860 e. The first-order valence-electron chi connectivity index (χ1n) is 5.87. The molecule has 14 heavy (non-hydrogen) atoms. The van der Waals surface area contributed by atoms with E-state index >= 15 is 0 Å². The highest BCUT2D eigenvalue weighted by molar-refractivity contribution is 4.82. The van der Waals surface area contributed by atoms with E-state index in [1.165, 1.54) is 44.9 Å². The number of hydrogen-bond acceptors (Lipinski definition) is 0. The molecule has 0 heterocycles. The number of terminal acetylenes is 1. The molecule has 0 atom stereocenters. The van der Waals surface area contributed by atoms with Crippen molar-refractivity contribution in [1.29, 1.82) is 0 Å². The molecule has 0 saturated carbocycles. The third-order valence-corrected chi connectivity index (χ3v) is 1.94. The molecule has 0 aromatic heterocycles. The van der Waals surface area contributed by atoms with Gasteiger partial charge in [-0.2, -0.15) is 0 Å². The molecule has 0 fully saturated rings. The molecule has 0 nitrogen and oxygen atoms in total. The van der Waals surface area contributed by atoms with Gasteiger partial charge in [0.25, 0.3) is 0 Å². The van der Waals surface area contributed by atoms with Crippen molar-refractivity contribution in [1.82, 2.24) is 0 Å². The van der Waals surface area contributed by atoms with E-state index in [9.17, 15) is 0 Å². The summed E-state index contributed by atoms with van der Waals surface area (Å²) in [5.74, 6) is 2.60. The van der Waals surface area contributed by atoms with Gasteiger partial charge in [0, 0.05) is 6.42 Å². The van der Waals surface area contributed by atoms with Crippen LogP contribution in [0.25, 0.3) is 0 Å². The lowest BCUT2D eigenvalue weighted by molar-refractivity contribution is 0.730. The van der Waals surface area contributed by atoms with Crippen molar-refractivity contribution in [2.24, 2.45) is 0 Å². The van der Waals surface area contributed by atoms with Gasteiger partial charge in [0.15, 0.2) is 0 Å². The largest absolute Gasteiger partial charge is 0.120 e. The van der Waals surface area contributed by atoms with Crippen LogP contribution in [0.3, 0.4) is 0 Å². The summed E-state index contributed by atoms with van der Waals surface area (Å²) in [4.78, 5) is 0. The molecule has 0 aliphatic rings. The Labute approximate surface area is 90.8 Å². The van der Waals surface area contributed by atoms with Gasteiger partial charge in [0.1, 0.15) is 0 Å². The van der Waals surface area contributed by atoms with Crippen molar-refractivity contribution in [3.05, 3.63) is 12.7 Å². The molecule has 0 aromatic carbocycles. The van der Waals surface area contributed by atoms with Crippen molar-refractivity contribution in [3.63, 3.8) is 0 Å². The van der Waals surface area contributed by atoms with Crippen LogP contribution in [0.2, 0.25) is 0 Å². The van der Waals surface area contributed by atoms with Crippen LogP contribution in [0.4, 0.5) is 0 Å². The lowest BCUT2D eigenvalue weighted by Gasteiger charge is -1.87. The third kappa shape index (κ3) is 22.5. The summed E-state index contributed by atoms with van der Waals surface area (Å²) in [5, 5.41) is 0. The molecule has 0 saturated heterocycles. The van der Waals surface area contributed by atoms with Crippen molar-refractivity contribution >= 4 is 0 Å². The van der Waals surface area contributed by atoms with Gasteiger partial charge < -0.3 is 0 Å². The molecule has 0 aromatic rings. The third-order valence-electron chi connectivity index (χ3n) is 1.94. The van der Waals surface area contributed by atoms with Gasteiger partial charge in [-0.1, -0.05) is 45.6 Å². The first kappa shape index (κ1) is 15.8. The van der Waals surface area contributed by atoms with Crippen LogP contribution in [0.1, 0.15) is 65.2 Å². The summed E-state index contributed by atoms with van der Waals surface area (Å²) in [6.07, 6.45) is 16.9. The summed E-state index contributed by atoms with van der Waals surface area (Å²) in [5.41, 5.74) is 0. The minimum Gasteiger partial charge on any atom is -0.120 e. The maximum Gasteiger partial charge on any atom is 0.00860 e. The van der Waals surface area contributed by atoms with E-state index in [1.807, 2.05) is 6.08 Å². The summed E-state index contributed by atoms with van der Waals surface area (Å²) >= 11 is 0. The Morgan fingerprint density at radius 1 is 1.07 bits per heavy atom. The monoisotopic (exact) mass is 194 g/mol. The fraction of sp³-hybridized carbons (Fsp3) is 0.714. The Bertz CT molecular complexity index is 127. The fourth-order valence-corrected chi connectivity index (χ4v) is 1.02. The fourth-order valence-electron chi connectivity index (χ4n) is 1.02. The number of hydrogen-bond donors (Lipinski definition) is 0. The maximum atomic E-state index is 5.02. The van der Waals surface area contributed by atoms with E-state index in [2.05, 4.69) is 26.3 Å². The molecule has 0 bridgehead atoms. The topological polar surface area (TPSA) is 0 Å². The Hall–Kier alpha value is -0.700. The Balaban J connectivity index is 0. The van der Waals surface area contributed by atoms with Gasteiger partial charge in [-0.15, -0.1) is 18.9 Å². The van der Waals surface area contributed by atoms with Crippen LogP contribution >= 0.6 is 0 Å². The van der Waals surface area contributed by atoms with Gasteiger partial charge in [0.05, 0.1) is 0 Å². The van der Waals surface area contributed by atoms with Gasteiger partial charge >= 0.3 is 0 Å². The first-order chi connectivity index (χ1) is 6.83. The average Bonchev–Trinajstić information content (AvgIpc) is 2.21. The second-order valence-corrected chi connectivity index (χ2v) is 3.45. The molecule has 0 heteroatoms. The van der Waals surface area contributed by atoms with Crippen LogP contribution in [0.5, 0.6) is 0 Å². The summed E-state index contributed by atoms with van der Waals surface area (Å²) in [7, 11) is 0. The van der Waals surface area contributed by atoms with E-state index in [0.29, 0.717) is 0 Å². The quantitative estimate of drug-likeness (QED) is 0.305. The van der Waals surface area contributed by atoms with Crippen molar-refractivity contribution in [3.8, 4) is 12.3 Å². The molecule has 0 unspecified atom stereocenters. The standard InChI is InChI=1S/C7H14.C7H12/c2*1-3-5-7-6-4-2/h3H,1,4-7H2,2H3;1H,4-7H2,2H3. The van der Waals surface area contributed by atoms with Crippen molar-refractivity contribution in [2.75, 3.05) is 0 Å². The van der Waals surface area contributed by atoms with E-state index < -0.39 is 0 Å². The van der Waals surface area contributed by atoms with Gasteiger partial charge in [0.2, 0.25) is 0 Å². The predicted octanol–water partition coefficient (Wildman–Crippen LogP) is 4.95. The zero-order valence-electron chi connectivity index (χ0n) is 10.0. The molecular weight excluding hydrogens is 168 g/mol. The lowest BCUT2D eigenvalue weighted by atomic mass is 10.2. The minimum atomic E-state index is 0.952. The molecule has 82 valence electrons. The second kappa shape index (κ2) is 18.2. The highest BCUT2D eigenvalue weighted by Gasteiger charge is 1.78. The minimum absolute atomic E-state index is 0.952. The maximum absolute atomic E-state index is 5.02. The molecule has 0 rings (SSSR count). The molecular formula is C14H26. The Morgan fingerprint density at radius 3 is 2.07 bits per heavy atom. The van der Waals surface area contributed by atoms with Gasteiger partial charge in [-0.25, -0.2) is 0 Å². The number of unbranched alkanes of at least 4 members (excludes halogenated alkanes) is 6. The lowest BCUT2D eigenvalue weighted by Crippen LogP contribution is -1.68. The van der Waals surface area contributed by atoms with E-state index in [1.54, 1.807) is 0 Å². The number of rotatable bonds is 7. The summed E-state index contributed by atoms with van der Waals surface area (Å²) in [6, 6.07) is 0. The van der Waals surface area contributed by atoms with Crippen LogP contribution in [0, 0.1) is 12.3 Å². The molecule has 0 radical (unpaired) electrons. The molecule has 0 aliphatic heterocycles.